The molecule has 1 N–H and O–H groups in total. The first kappa shape index (κ1) is 21.3. The third kappa shape index (κ3) is 4.59. The normalized spacial score (nSPS) is 17.7. The van der Waals surface area contributed by atoms with Crippen molar-refractivity contribution in [3.8, 4) is 5.75 Å². The minimum atomic E-state index is -3.99. The molecule has 2 aromatic carbocycles. The molecule has 29 heavy (non-hydrogen) atoms. The molecule has 2 aromatic rings. The van der Waals surface area contributed by atoms with Crippen molar-refractivity contribution in [3.05, 3.63) is 53.3 Å². The number of nitrogens with zero attached hydrogens (tertiary/aromatic N) is 1. The number of hydrogen-bond acceptors (Lipinski definition) is 4. The molecule has 3 rings (SSSR count). The van der Waals surface area contributed by atoms with E-state index < -0.39 is 21.8 Å². The monoisotopic (exact) mass is 420 g/mol. The quantitative estimate of drug-likeness (QED) is 0.803. The molecule has 0 unspecified atom stereocenters. The lowest BCUT2D eigenvalue weighted by molar-refractivity contribution is -0.120. The number of piperidine rings is 1. The van der Waals surface area contributed by atoms with Gasteiger partial charge in [0.25, 0.3) is 0 Å². The van der Waals surface area contributed by atoms with E-state index in [-0.39, 0.29) is 29.6 Å². The predicted octanol–water partition coefficient (Wildman–Crippen LogP) is 3.49. The maximum atomic E-state index is 13.7. The molecule has 1 saturated heterocycles. The average molecular weight is 421 g/mol. The highest BCUT2D eigenvalue weighted by molar-refractivity contribution is 7.89. The molecule has 0 aliphatic carbocycles. The highest BCUT2D eigenvalue weighted by Crippen LogP contribution is 2.31. The van der Waals surface area contributed by atoms with E-state index in [9.17, 15) is 17.6 Å². The van der Waals surface area contributed by atoms with Crippen LogP contribution in [-0.2, 0) is 14.8 Å². The Kier molecular flexibility index (Phi) is 6.24. The number of rotatable bonds is 5. The van der Waals surface area contributed by atoms with Crippen molar-refractivity contribution < 1.29 is 22.3 Å². The standard InChI is InChI=1S/C21H25FN2O4S/c1-14-6-7-15(2)18(11-14)23-21(25)16-5-4-10-24(13-16)29(26,27)20-12-17(22)8-9-19(20)28-3/h6-9,11-12,16H,4-5,10,13H2,1-3H3,(H,23,25)/t16-/m1/s1. The van der Waals surface area contributed by atoms with Crippen LogP contribution in [0, 0.1) is 25.6 Å². The Hall–Kier alpha value is -2.45. The van der Waals surface area contributed by atoms with Crippen LogP contribution in [0.15, 0.2) is 41.3 Å². The number of hydrogen-bond donors (Lipinski definition) is 1. The number of carbonyl (C=O) groups is 1. The third-order valence-electron chi connectivity index (χ3n) is 5.15. The molecule has 1 aliphatic rings. The lowest BCUT2D eigenvalue weighted by Crippen LogP contribution is -2.43. The molecule has 8 heteroatoms. The number of carbonyl (C=O) groups excluding carboxylic acids is 1. The summed E-state index contributed by atoms with van der Waals surface area (Å²) in [5.41, 5.74) is 2.69. The smallest absolute Gasteiger partial charge is 0.246 e. The average Bonchev–Trinajstić information content (AvgIpc) is 2.70. The van der Waals surface area contributed by atoms with E-state index in [0.717, 1.165) is 28.9 Å². The van der Waals surface area contributed by atoms with Gasteiger partial charge < -0.3 is 10.1 Å². The third-order valence-corrected chi connectivity index (χ3v) is 7.04. The van der Waals surface area contributed by atoms with Gasteiger partial charge in [-0.05, 0) is 62.1 Å². The van der Waals surface area contributed by atoms with Gasteiger partial charge in [-0.3, -0.25) is 4.79 Å². The molecule has 156 valence electrons. The molecule has 0 spiro atoms. The summed E-state index contributed by atoms with van der Waals surface area (Å²) >= 11 is 0. The molecule has 1 heterocycles. The number of benzene rings is 2. The van der Waals surface area contributed by atoms with Crippen molar-refractivity contribution >= 4 is 21.6 Å². The van der Waals surface area contributed by atoms with Crippen LogP contribution in [0.25, 0.3) is 0 Å². The van der Waals surface area contributed by atoms with Gasteiger partial charge in [-0.15, -0.1) is 0 Å². The number of aryl methyl sites for hydroxylation is 2. The predicted molar refractivity (Wildman–Crippen MR) is 109 cm³/mol. The number of anilines is 1. The first-order chi connectivity index (χ1) is 13.7. The van der Waals surface area contributed by atoms with E-state index in [1.54, 1.807) is 0 Å². The zero-order chi connectivity index (χ0) is 21.2. The van der Waals surface area contributed by atoms with Gasteiger partial charge in [0, 0.05) is 18.8 Å². The molecule has 6 nitrogen and oxygen atoms in total. The molecule has 0 saturated carbocycles. The SMILES string of the molecule is COc1ccc(F)cc1S(=O)(=O)N1CCC[C@@H](C(=O)Nc2cc(C)ccc2C)C1. The van der Waals surface area contributed by atoms with Crippen LogP contribution in [-0.4, -0.2) is 38.8 Å². The largest absolute Gasteiger partial charge is 0.495 e. The van der Waals surface area contributed by atoms with Crippen molar-refractivity contribution in [2.24, 2.45) is 5.92 Å². The minimum Gasteiger partial charge on any atom is -0.495 e. The van der Waals surface area contributed by atoms with Gasteiger partial charge in [-0.2, -0.15) is 4.31 Å². The van der Waals surface area contributed by atoms with Gasteiger partial charge in [0.05, 0.1) is 13.0 Å². The van der Waals surface area contributed by atoms with E-state index in [1.807, 2.05) is 32.0 Å². The summed E-state index contributed by atoms with van der Waals surface area (Å²) < 4.78 is 46.2. The van der Waals surface area contributed by atoms with Crippen LogP contribution >= 0.6 is 0 Å². The second-order valence-corrected chi connectivity index (χ2v) is 9.21. The van der Waals surface area contributed by atoms with Crippen molar-refractivity contribution in [1.29, 1.82) is 0 Å². The van der Waals surface area contributed by atoms with Crippen LogP contribution in [0.2, 0.25) is 0 Å². The van der Waals surface area contributed by atoms with Crippen molar-refractivity contribution in [3.63, 3.8) is 0 Å². The second-order valence-electron chi connectivity index (χ2n) is 7.31. The number of sulfonamides is 1. The Bertz CT molecular complexity index is 1020. The molecule has 0 aromatic heterocycles. The molecular formula is C21H25FN2O4S. The summed E-state index contributed by atoms with van der Waals surface area (Å²) in [6.07, 6.45) is 1.13. The van der Waals surface area contributed by atoms with Gasteiger partial charge in [0.2, 0.25) is 15.9 Å². The topological polar surface area (TPSA) is 75.7 Å². The van der Waals surface area contributed by atoms with Gasteiger partial charge in [-0.25, -0.2) is 12.8 Å². The summed E-state index contributed by atoms with van der Waals surface area (Å²) in [5, 5.41) is 2.92. The van der Waals surface area contributed by atoms with Gasteiger partial charge in [0.1, 0.15) is 16.5 Å². The molecular weight excluding hydrogens is 395 g/mol. The van der Waals surface area contributed by atoms with Crippen LogP contribution in [0.4, 0.5) is 10.1 Å². The highest BCUT2D eigenvalue weighted by Gasteiger charge is 2.35. The Morgan fingerprint density at radius 3 is 2.69 bits per heavy atom. The number of amides is 1. The summed E-state index contributed by atoms with van der Waals surface area (Å²) in [6.45, 7) is 4.16. The Labute approximate surface area is 170 Å². The van der Waals surface area contributed by atoms with Crippen LogP contribution < -0.4 is 10.1 Å². The van der Waals surface area contributed by atoms with Gasteiger partial charge in [-0.1, -0.05) is 12.1 Å². The summed E-state index contributed by atoms with van der Waals surface area (Å²) in [6, 6.07) is 9.17. The first-order valence-corrected chi connectivity index (χ1v) is 10.9. The van der Waals surface area contributed by atoms with E-state index in [0.29, 0.717) is 12.8 Å². The van der Waals surface area contributed by atoms with Crippen molar-refractivity contribution in [2.45, 2.75) is 31.6 Å². The molecule has 1 aliphatic heterocycles. The molecule has 0 radical (unpaired) electrons. The second kappa shape index (κ2) is 8.51. The molecule has 0 bridgehead atoms. The van der Waals surface area contributed by atoms with E-state index in [4.69, 9.17) is 4.74 Å². The summed E-state index contributed by atoms with van der Waals surface area (Å²) in [4.78, 5) is 12.6. The maximum Gasteiger partial charge on any atom is 0.246 e. The molecule has 1 fully saturated rings. The minimum absolute atomic E-state index is 0.0404. The first-order valence-electron chi connectivity index (χ1n) is 9.44. The fourth-order valence-electron chi connectivity index (χ4n) is 3.47. The Balaban J connectivity index is 1.80. The number of halogens is 1. The lowest BCUT2D eigenvalue weighted by atomic mass is 9.98. The molecule has 1 amide bonds. The summed E-state index contributed by atoms with van der Waals surface area (Å²) in [5.74, 6) is -1.29. The number of ether oxygens (including phenoxy) is 1. The van der Waals surface area contributed by atoms with Crippen molar-refractivity contribution in [2.75, 3.05) is 25.5 Å². The van der Waals surface area contributed by atoms with E-state index in [1.165, 1.54) is 17.5 Å². The fourth-order valence-corrected chi connectivity index (χ4v) is 5.16. The number of nitrogens with one attached hydrogen (secondary N) is 1. The van der Waals surface area contributed by atoms with Crippen LogP contribution in [0.5, 0.6) is 5.75 Å². The maximum absolute atomic E-state index is 13.7. The molecule has 1 atom stereocenters. The van der Waals surface area contributed by atoms with E-state index in [2.05, 4.69) is 5.32 Å². The van der Waals surface area contributed by atoms with Gasteiger partial charge in [0.15, 0.2) is 0 Å². The highest BCUT2D eigenvalue weighted by atomic mass is 32.2. The zero-order valence-electron chi connectivity index (χ0n) is 16.7. The number of methoxy groups -OCH3 is 1. The summed E-state index contributed by atoms with van der Waals surface area (Å²) in [7, 11) is -2.66. The van der Waals surface area contributed by atoms with Crippen molar-refractivity contribution in [1.82, 2.24) is 4.31 Å². The Morgan fingerprint density at radius 1 is 1.21 bits per heavy atom. The van der Waals surface area contributed by atoms with E-state index >= 15 is 0 Å². The zero-order valence-corrected chi connectivity index (χ0v) is 17.6. The fraction of sp³-hybridized carbons (Fsp3) is 0.381. The van der Waals surface area contributed by atoms with Crippen LogP contribution in [0.1, 0.15) is 24.0 Å². The lowest BCUT2D eigenvalue weighted by Gasteiger charge is -2.31. The Morgan fingerprint density at radius 2 is 1.97 bits per heavy atom. The van der Waals surface area contributed by atoms with Gasteiger partial charge >= 0.3 is 0 Å². The van der Waals surface area contributed by atoms with Crippen LogP contribution in [0.3, 0.4) is 0 Å².